The molecule has 0 unspecified atom stereocenters. The van der Waals surface area contributed by atoms with Crippen LogP contribution in [0.15, 0.2) is 41.2 Å². The molecule has 2 fully saturated rings. The number of fused-ring (bicyclic) bond motifs is 1. The number of hydrogen-bond donors (Lipinski definition) is 2. The summed E-state index contributed by atoms with van der Waals surface area (Å²) in [6.45, 7) is 4.09. The van der Waals surface area contributed by atoms with E-state index in [0.717, 1.165) is 59.2 Å². The number of piperidine rings is 1. The standard InChI is InChI=1S/C23H28N4O3/c1-15(29)27-7-3-22(26-18-4-8-30-9-5-18)21(13-27)23(24)19-11-16(14-28)10-17-2-6-25-12-20(17)19/h2,6,10-12,18,28H,3-5,7-9,13-14,24H2,1H3/p+1. The van der Waals surface area contributed by atoms with Crippen molar-refractivity contribution in [3.05, 3.63) is 47.3 Å². The van der Waals surface area contributed by atoms with Gasteiger partial charge in [0, 0.05) is 68.3 Å². The van der Waals surface area contributed by atoms with Crippen molar-refractivity contribution >= 4 is 28.1 Å². The number of nitrogens with one attached hydrogen (secondary N) is 1. The van der Waals surface area contributed by atoms with Gasteiger partial charge in [-0.15, -0.1) is 0 Å². The predicted molar refractivity (Wildman–Crippen MR) is 116 cm³/mol. The highest BCUT2D eigenvalue weighted by atomic mass is 16.5. The summed E-state index contributed by atoms with van der Waals surface area (Å²) in [5.74, 6) is 0.0349. The van der Waals surface area contributed by atoms with Crippen LogP contribution in [0.25, 0.3) is 16.5 Å². The summed E-state index contributed by atoms with van der Waals surface area (Å²) in [4.78, 5) is 22.1. The Bertz CT molecular complexity index is 1010. The molecule has 0 atom stereocenters. The monoisotopic (exact) mass is 409 g/mol. The highest BCUT2D eigenvalue weighted by Gasteiger charge is 2.26. The molecule has 2 aliphatic heterocycles. The Morgan fingerprint density at radius 3 is 2.90 bits per heavy atom. The second-order valence-electron chi connectivity index (χ2n) is 7.95. The lowest BCUT2D eigenvalue weighted by Gasteiger charge is -2.31. The van der Waals surface area contributed by atoms with Gasteiger partial charge in [0.15, 0.2) is 12.4 Å². The van der Waals surface area contributed by atoms with Crippen LogP contribution in [-0.4, -0.2) is 54.0 Å². The summed E-state index contributed by atoms with van der Waals surface area (Å²) in [6, 6.07) is 6.09. The molecule has 1 aromatic carbocycles. The zero-order chi connectivity index (χ0) is 21.1. The van der Waals surface area contributed by atoms with Gasteiger partial charge in [-0.25, -0.2) is 4.98 Å². The maximum Gasteiger partial charge on any atom is 0.219 e. The fourth-order valence-corrected chi connectivity index (χ4v) is 4.22. The van der Waals surface area contributed by atoms with E-state index in [0.29, 0.717) is 25.2 Å². The van der Waals surface area contributed by atoms with Gasteiger partial charge in [-0.05, 0) is 35.9 Å². The van der Waals surface area contributed by atoms with E-state index in [4.69, 9.17) is 15.5 Å². The smallest absolute Gasteiger partial charge is 0.219 e. The first-order valence-electron chi connectivity index (χ1n) is 10.5. The van der Waals surface area contributed by atoms with Crippen molar-refractivity contribution in [2.75, 3.05) is 26.3 Å². The van der Waals surface area contributed by atoms with Crippen LogP contribution in [0.3, 0.4) is 0 Å². The van der Waals surface area contributed by atoms with Gasteiger partial charge in [0.05, 0.1) is 18.0 Å². The third-order valence-electron chi connectivity index (χ3n) is 5.95. The molecule has 158 valence electrons. The Kier molecular flexibility index (Phi) is 6.11. The molecule has 2 saturated heterocycles. The topological polar surface area (TPSA) is 102 Å². The van der Waals surface area contributed by atoms with Gasteiger partial charge in [-0.3, -0.25) is 9.79 Å². The van der Waals surface area contributed by atoms with Gasteiger partial charge in [-0.1, -0.05) is 0 Å². The minimum absolute atomic E-state index is 0.0349. The van der Waals surface area contributed by atoms with Crippen molar-refractivity contribution in [1.29, 1.82) is 0 Å². The number of hydrogen-bond acceptors (Lipinski definition) is 5. The van der Waals surface area contributed by atoms with Crippen LogP contribution in [0.1, 0.15) is 37.3 Å². The van der Waals surface area contributed by atoms with E-state index in [-0.39, 0.29) is 18.6 Å². The number of pyridine rings is 1. The number of aliphatic imine (C=N–C) groups is 1. The normalized spacial score (nSPS) is 21.3. The quantitative estimate of drug-likeness (QED) is 0.805. The maximum atomic E-state index is 12.1. The Morgan fingerprint density at radius 2 is 2.17 bits per heavy atom. The number of likely N-dealkylation sites (tertiary alicyclic amines) is 1. The highest BCUT2D eigenvalue weighted by Crippen LogP contribution is 2.29. The molecular formula is C23H29N4O3+. The van der Waals surface area contributed by atoms with Gasteiger partial charge in [0.1, 0.15) is 0 Å². The van der Waals surface area contributed by atoms with Crippen LogP contribution in [0, 0.1) is 0 Å². The lowest BCUT2D eigenvalue weighted by molar-refractivity contribution is -0.375. The third kappa shape index (κ3) is 4.22. The average molecular weight is 410 g/mol. The zero-order valence-electron chi connectivity index (χ0n) is 17.4. The largest absolute Gasteiger partial charge is 0.398 e. The second-order valence-corrected chi connectivity index (χ2v) is 7.95. The number of ether oxygens (including phenoxy) is 1. The van der Waals surface area contributed by atoms with Crippen LogP contribution in [-0.2, 0) is 16.1 Å². The van der Waals surface area contributed by atoms with Crippen molar-refractivity contribution in [3.8, 4) is 0 Å². The summed E-state index contributed by atoms with van der Waals surface area (Å²) in [6.07, 6.45) is 6.28. The van der Waals surface area contributed by atoms with Gasteiger partial charge in [0.2, 0.25) is 5.91 Å². The minimum atomic E-state index is -0.0627. The van der Waals surface area contributed by atoms with E-state index >= 15 is 0 Å². The second kappa shape index (κ2) is 8.93. The van der Waals surface area contributed by atoms with E-state index < -0.39 is 0 Å². The molecule has 1 aromatic heterocycles. The van der Waals surface area contributed by atoms with Crippen molar-refractivity contribution < 1.29 is 19.6 Å². The summed E-state index contributed by atoms with van der Waals surface area (Å²) >= 11 is 0. The Morgan fingerprint density at radius 1 is 1.37 bits per heavy atom. The van der Waals surface area contributed by atoms with Crippen LogP contribution < -0.4 is 10.7 Å². The number of aliphatic hydroxyl groups is 1. The van der Waals surface area contributed by atoms with Crippen LogP contribution >= 0.6 is 0 Å². The summed E-state index contributed by atoms with van der Waals surface area (Å²) < 4.78 is 5.47. The van der Waals surface area contributed by atoms with Crippen molar-refractivity contribution in [1.82, 2.24) is 4.90 Å². The first kappa shape index (κ1) is 20.5. The fourth-order valence-electron chi connectivity index (χ4n) is 4.22. The molecule has 7 nitrogen and oxygen atoms in total. The number of nitrogens with two attached hydrogens (primary N) is 1. The van der Waals surface area contributed by atoms with Crippen molar-refractivity contribution in [3.63, 3.8) is 0 Å². The number of benzene rings is 1. The van der Waals surface area contributed by atoms with Crippen LogP contribution in [0.4, 0.5) is 0 Å². The first-order chi connectivity index (χ1) is 14.6. The molecular weight excluding hydrogens is 380 g/mol. The Labute approximate surface area is 176 Å². The lowest BCUT2D eigenvalue weighted by Crippen LogP contribution is -2.40. The van der Waals surface area contributed by atoms with Gasteiger partial charge < -0.3 is 20.5 Å². The molecule has 0 spiro atoms. The average Bonchev–Trinajstić information content (AvgIpc) is 2.78. The van der Waals surface area contributed by atoms with Gasteiger partial charge >= 0.3 is 0 Å². The maximum absolute atomic E-state index is 12.1. The summed E-state index contributed by atoms with van der Waals surface area (Å²) in [7, 11) is 0. The minimum Gasteiger partial charge on any atom is -0.398 e. The number of aromatic amines is 1. The van der Waals surface area contributed by atoms with Crippen LogP contribution in [0.2, 0.25) is 0 Å². The molecule has 0 radical (unpaired) electrons. The van der Waals surface area contributed by atoms with Crippen LogP contribution in [0.5, 0.6) is 0 Å². The number of aliphatic hydroxyl groups excluding tert-OH is 1. The van der Waals surface area contributed by atoms with Gasteiger partial charge in [0.25, 0.3) is 0 Å². The molecule has 0 bridgehead atoms. The number of rotatable bonds is 3. The molecule has 7 heteroatoms. The molecule has 2 aromatic rings. The summed E-state index contributed by atoms with van der Waals surface area (Å²) in [5.41, 5.74) is 10.9. The van der Waals surface area contributed by atoms with E-state index in [1.807, 2.05) is 35.5 Å². The number of carbonyl (C=O) groups is 1. The molecule has 4 N–H and O–H groups in total. The van der Waals surface area contributed by atoms with E-state index in [2.05, 4.69) is 4.98 Å². The van der Waals surface area contributed by atoms with E-state index in [1.165, 1.54) is 0 Å². The highest BCUT2D eigenvalue weighted by molar-refractivity contribution is 6.09. The number of nitrogens with zero attached hydrogens (tertiary/aromatic N) is 2. The first-order valence-corrected chi connectivity index (χ1v) is 10.5. The molecule has 30 heavy (non-hydrogen) atoms. The Balaban J connectivity index is 1.84. The molecule has 0 saturated carbocycles. The van der Waals surface area contributed by atoms with Crippen molar-refractivity contribution in [2.45, 2.75) is 38.8 Å². The molecule has 2 aliphatic rings. The number of carbonyl (C=O) groups excluding carboxylic acids is 1. The van der Waals surface area contributed by atoms with Crippen molar-refractivity contribution in [2.24, 2.45) is 10.7 Å². The lowest BCUT2D eigenvalue weighted by atomic mass is 9.93. The SMILES string of the molecule is CC(=O)N1CCC(=NC2CCOCC2)C(=C(N)c2cc(CO)cc3cc[nH+]cc23)C1. The molecule has 1 amide bonds. The van der Waals surface area contributed by atoms with E-state index in [9.17, 15) is 9.90 Å². The van der Waals surface area contributed by atoms with Gasteiger partial charge in [-0.2, -0.15) is 0 Å². The third-order valence-corrected chi connectivity index (χ3v) is 5.95. The molecule has 4 rings (SSSR count). The predicted octanol–water partition coefficient (Wildman–Crippen LogP) is 1.69. The number of aromatic nitrogens is 1. The number of H-pyrrole nitrogens is 1. The Hall–Kier alpha value is -2.77. The molecule has 0 aliphatic carbocycles. The summed E-state index contributed by atoms with van der Waals surface area (Å²) in [5, 5.41) is 11.7. The molecule has 3 heterocycles. The zero-order valence-corrected chi connectivity index (χ0v) is 17.4. The number of amides is 1. The van der Waals surface area contributed by atoms with E-state index in [1.54, 1.807) is 6.92 Å². The fraction of sp³-hybridized carbons (Fsp3) is 0.435.